The summed E-state index contributed by atoms with van der Waals surface area (Å²) in [6.45, 7) is 2.13. The average Bonchev–Trinajstić information content (AvgIpc) is 3.77. The third kappa shape index (κ3) is 1.77. The molecule has 8 aliphatic rings. The van der Waals surface area contributed by atoms with Gasteiger partial charge in [0.1, 0.15) is 0 Å². The molecule has 8 rings (SSSR count). The molecule has 8 atom stereocenters. The van der Waals surface area contributed by atoms with Gasteiger partial charge in [-0.2, -0.15) is 0 Å². The molecule has 8 unspecified atom stereocenters. The zero-order chi connectivity index (χ0) is 25.3. The molecule has 8 amide bonds. The number of amides is 8. The fourth-order valence-corrected chi connectivity index (χ4v) is 8.44. The summed E-state index contributed by atoms with van der Waals surface area (Å²) in [4.78, 5) is 99.7. The Hall–Kier alpha value is -3.44. The maximum atomic E-state index is 12.0. The van der Waals surface area contributed by atoms with E-state index >= 15 is 0 Å². The number of nitrogens with zero attached hydrogens (tertiary/aromatic N) is 4. The van der Waals surface area contributed by atoms with Crippen LogP contribution in [0.4, 0.5) is 0 Å². The van der Waals surface area contributed by atoms with Gasteiger partial charge in [-0.05, 0) is 6.92 Å². The monoisotopic (exact) mass is 482 g/mol. The second-order valence-electron chi connectivity index (χ2n) is 10.9. The van der Waals surface area contributed by atoms with Crippen LogP contribution in [-0.2, 0) is 38.4 Å². The molecule has 0 aromatic rings. The van der Waals surface area contributed by atoms with Crippen LogP contribution in [0.2, 0.25) is 0 Å². The number of piperidine rings is 4. The molecule has 4 heterocycles. The van der Waals surface area contributed by atoms with E-state index in [4.69, 9.17) is 0 Å². The maximum absolute atomic E-state index is 12.0. The molecular weight excluding hydrogens is 460 g/mol. The first-order valence-corrected chi connectivity index (χ1v) is 11.7. The number of rotatable bonds is 1. The molecule has 4 aliphatic carbocycles. The van der Waals surface area contributed by atoms with Crippen molar-refractivity contribution in [1.29, 1.82) is 0 Å². The second-order valence-corrected chi connectivity index (χ2v) is 10.9. The highest BCUT2D eigenvalue weighted by molar-refractivity contribution is 6.20. The van der Waals surface area contributed by atoms with E-state index in [2.05, 4.69) is 0 Å². The molecule has 0 bridgehead atoms. The number of carbonyl (C=O) groups excluding carboxylic acids is 8. The predicted octanol–water partition coefficient (Wildman–Crippen LogP) is -2.69. The van der Waals surface area contributed by atoms with E-state index in [1.54, 1.807) is 6.92 Å². The van der Waals surface area contributed by atoms with Gasteiger partial charge in [-0.1, -0.05) is 0 Å². The van der Waals surface area contributed by atoms with Crippen LogP contribution < -0.4 is 0 Å². The average molecular weight is 482 g/mol. The van der Waals surface area contributed by atoms with Crippen molar-refractivity contribution in [3.63, 3.8) is 0 Å². The predicted molar refractivity (Wildman–Crippen MR) is 109 cm³/mol. The molecule has 8 fully saturated rings. The highest BCUT2D eigenvalue weighted by atomic mass is 16.2. The molecule has 0 aromatic heterocycles. The molecule has 0 aromatic carbocycles. The Morgan fingerprint density at radius 2 is 0.657 bits per heavy atom. The Bertz CT molecular complexity index is 1150. The smallest absolute Gasteiger partial charge is 0.233 e. The van der Waals surface area contributed by atoms with Gasteiger partial charge in [0, 0.05) is 38.5 Å². The van der Waals surface area contributed by atoms with Crippen molar-refractivity contribution < 1.29 is 38.4 Å². The fourth-order valence-electron chi connectivity index (χ4n) is 8.44. The molecule has 12 nitrogen and oxygen atoms in total. The van der Waals surface area contributed by atoms with Crippen molar-refractivity contribution in [2.45, 2.75) is 6.92 Å². The Morgan fingerprint density at radius 3 is 0.857 bits per heavy atom. The fraction of sp³-hybridized carbons (Fsp3) is 0.652. The van der Waals surface area contributed by atoms with Crippen LogP contribution in [-0.4, -0.2) is 94.5 Å². The van der Waals surface area contributed by atoms with Crippen molar-refractivity contribution >= 4 is 47.3 Å². The zero-order valence-electron chi connectivity index (χ0n) is 19.4. The van der Waals surface area contributed by atoms with Crippen LogP contribution in [0.15, 0.2) is 0 Å². The van der Waals surface area contributed by atoms with Crippen molar-refractivity contribution in [1.82, 2.24) is 19.6 Å². The first-order chi connectivity index (χ1) is 16.4. The summed E-state index contributed by atoms with van der Waals surface area (Å²) in [5.41, 5.74) is -1.22. The molecule has 4 saturated heterocycles. The Morgan fingerprint density at radius 1 is 0.457 bits per heavy atom. The van der Waals surface area contributed by atoms with E-state index in [0.29, 0.717) is 6.54 Å². The molecule has 0 N–H and O–H groups in total. The zero-order valence-corrected chi connectivity index (χ0v) is 19.4. The number of carbonyl (C=O) groups is 8. The van der Waals surface area contributed by atoms with E-state index in [9.17, 15) is 38.4 Å². The minimum Gasteiger partial charge on any atom is -0.285 e. The second kappa shape index (κ2) is 5.52. The number of hydrogen-bond donors (Lipinski definition) is 0. The van der Waals surface area contributed by atoms with Gasteiger partial charge in [-0.15, -0.1) is 0 Å². The Balaban J connectivity index is 0.000000120. The third-order valence-corrected chi connectivity index (χ3v) is 10.2. The summed E-state index contributed by atoms with van der Waals surface area (Å²) in [5, 5.41) is 0. The summed E-state index contributed by atoms with van der Waals surface area (Å²) >= 11 is 0. The summed E-state index contributed by atoms with van der Waals surface area (Å²) in [6.07, 6.45) is 0. The van der Waals surface area contributed by atoms with Gasteiger partial charge in [0.2, 0.25) is 47.3 Å². The van der Waals surface area contributed by atoms with Crippen molar-refractivity contribution in [2.75, 3.05) is 27.7 Å². The number of likely N-dealkylation sites (tertiary alicyclic amines) is 4. The van der Waals surface area contributed by atoms with Gasteiger partial charge >= 0.3 is 0 Å². The minimum absolute atomic E-state index is 0.190. The van der Waals surface area contributed by atoms with Gasteiger partial charge in [-0.25, -0.2) is 0 Å². The van der Waals surface area contributed by atoms with Crippen LogP contribution in [0.5, 0.6) is 0 Å². The van der Waals surface area contributed by atoms with Crippen LogP contribution in [0, 0.1) is 58.2 Å². The van der Waals surface area contributed by atoms with Gasteiger partial charge in [-0.3, -0.25) is 58.0 Å². The lowest BCUT2D eigenvalue weighted by molar-refractivity contribution is -0.146. The summed E-state index contributed by atoms with van der Waals surface area (Å²) in [7, 11) is 4.38. The van der Waals surface area contributed by atoms with E-state index in [-0.39, 0.29) is 47.3 Å². The summed E-state index contributed by atoms with van der Waals surface area (Å²) in [5.74, 6) is -4.95. The lowest BCUT2D eigenvalue weighted by atomic mass is 10.1. The van der Waals surface area contributed by atoms with Crippen LogP contribution in [0.25, 0.3) is 0 Å². The minimum atomic E-state index is -0.611. The first-order valence-electron chi connectivity index (χ1n) is 11.7. The van der Waals surface area contributed by atoms with Gasteiger partial charge in [0.15, 0.2) is 0 Å². The van der Waals surface area contributed by atoms with E-state index in [0.717, 1.165) is 14.7 Å². The lowest BCUT2D eigenvalue weighted by Gasteiger charge is -2.18. The van der Waals surface area contributed by atoms with E-state index in [1.165, 1.54) is 26.0 Å². The van der Waals surface area contributed by atoms with Crippen molar-refractivity contribution in [3.05, 3.63) is 0 Å². The molecule has 4 aliphatic heterocycles. The molecule has 4 saturated carbocycles. The lowest BCUT2D eigenvalue weighted by Crippen LogP contribution is -2.38. The molecule has 35 heavy (non-hydrogen) atoms. The van der Waals surface area contributed by atoms with E-state index < -0.39 is 58.2 Å². The molecular formula is C23H22N4O8. The highest BCUT2D eigenvalue weighted by Gasteiger charge is 2.97. The number of fused-ring (bicyclic) bond motifs is 12. The van der Waals surface area contributed by atoms with Gasteiger partial charge < -0.3 is 0 Å². The van der Waals surface area contributed by atoms with Crippen molar-refractivity contribution in [2.24, 2.45) is 58.2 Å². The molecule has 2 spiro atoms. The standard InChI is InChI=1S/C12H12N2O4.C11H10N2O4/c1-3-14-10(17)6-7(11(14)18)12(6)4-5(12)9(16)13(2)8(4)15;1-12-7(14)3-4(8(12)15)11(3)5-6(11)10(17)13(2)9(5)16/h4-7H,3H2,1-2H3;3-6H,1-2H3. The largest absolute Gasteiger partial charge is 0.285 e. The third-order valence-electron chi connectivity index (χ3n) is 10.2. The molecule has 182 valence electrons. The van der Waals surface area contributed by atoms with Crippen LogP contribution >= 0.6 is 0 Å². The Labute approximate surface area is 198 Å². The van der Waals surface area contributed by atoms with E-state index in [1.807, 2.05) is 0 Å². The molecule has 0 radical (unpaired) electrons. The molecule has 12 heteroatoms. The number of hydrogen-bond acceptors (Lipinski definition) is 8. The maximum Gasteiger partial charge on any atom is 0.233 e. The van der Waals surface area contributed by atoms with Crippen LogP contribution in [0.3, 0.4) is 0 Å². The quantitative estimate of drug-likeness (QED) is 0.367. The SMILES string of the molecule is CCN1C(=O)C2C(C1=O)C21C2C(=O)N(C)C(=O)C21.CN1C(=O)C2C(C1=O)C21C2C(=O)N(C)C(=O)C21. The van der Waals surface area contributed by atoms with Gasteiger partial charge in [0.25, 0.3) is 0 Å². The first kappa shape index (κ1) is 20.9. The Kier molecular flexibility index (Phi) is 3.29. The number of imide groups is 4. The summed E-state index contributed by atoms with van der Waals surface area (Å²) < 4.78 is 0. The van der Waals surface area contributed by atoms with Crippen LogP contribution in [0.1, 0.15) is 6.92 Å². The normalized spacial score (nSPS) is 49.1. The topological polar surface area (TPSA) is 150 Å². The summed E-state index contributed by atoms with van der Waals surface area (Å²) in [6, 6.07) is 0. The van der Waals surface area contributed by atoms with Gasteiger partial charge in [0.05, 0.1) is 47.3 Å². The van der Waals surface area contributed by atoms with Crippen molar-refractivity contribution in [3.8, 4) is 0 Å². The highest BCUT2D eigenvalue weighted by Crippen LogP contribution is 2.86.